The van der Waals surface area contributed by atoms with Crippen LogP contribution in [-0.2, 0) is 16.5 Å². The van der Waals surface area contributed by atoms with Gasteiger partial charge in [0.25, 0.3) is 10.1 Å². The summed E-state index contributed by atoms with van der Waals surface area (Å²) < 4.78 is 31.2. The number of fused-ring (bicyclic) bond motifs is 1. The minimum Gasteiger partial charge on any atom is -0.289 e. The Labute approximate surface area is 137 Å². The fourth-order valence-corrected chi connectivity index (χ4v) is 3.80. The van der Waals surface area contributed by atoms with Crippen LogP contribution < -0.4 is 0 Å². The molecule has 0 bridgehead atoms. The van der Waals surface area contributed by atoms with Gasteiger partial charge in [0.05, 0.1) is 6.04 Å². The average molecular weight is 331 g/mol. The molecule has 0 radical (unpaired) electrons. The first-order valence-electron chi connectivity index (χ1n) is 7.97. The van der Waals surface area contributed by atoms with Gasteiger partial charge in [0, 0.05) is 12.6 Å². The van der Waals surface area contributed by atoms with E-state index in [0.717, 1.165) is 24.8 Å². The summed E-state index contributed by atoms with van der Waals surface area (Å²) in [5.41, 5.74) is 3.76. The summed E-state index contributed by atoms with van der Waals surface area (Å²) in [6.07, 6.45) is 11.5. The number of aliphatic imine (C=N–C) groups is 1. The molecule has 0 aliphatic heterocycles. The number of hydrogen-bond acceptors (Lipinski definition) is 3. The predicted octanol–water partition coefficient (Wildman–Crippen LogP) is 3.67. The van der Waals surface area contributed by atoms with Crippen molar-refractivity contribution in [1.82, 2.24) is 0 Å². The zero-order chi connectivity index (χ0) is 16.3. The maximum Gasteiger partial charge on any atom is 0.271 e. The highest BCUT2D eigenvalue weighted by atomic mass is 32.2. The third kappa shape index (κ3) is 3.98. The number of benzene rings is 1. The van der Waals surface area contributed by atoms with E-state index in [-0.39, 0.29) is 6.04 Å². The van der Waals surface area contributed by atoms with Crippen LogP contribution in [0.5, 0.6) is 0 Å². The van der Waals surface area contributed by atoms with Gasteiger partial charge in [0.15, 0.2) is 0 Å². The number of aryl methyl sites for hydroxylation is 1. The highest BCUT2D eigenvalue weighted by molar-refractivity contribution is 7.86. The van der Waals surface area contributed by atoms with E-state index in [1.807, 2.05) is 12.3 Å². The molecule has 0 spiro atoms. The monoisotopic (exact) mass is 331 g/mol. The molecule has 0 heterocycles. The third-order valence-corrected chi connectivity index (χ3v) is 5.58. The van der Waals surface area contributed by atoms with Crippen molar-refractivity contribution in [3.05, 3.63) is 59.2 Å². The van der Waals surface area contributed by atoms with E-state index in [2.05, 4.69) is 24.3 Å². The third-order valence-electron chi connectivity index (χ3n) is 4.47. The molecular formula is C18H21NO3S. The van der Waals surface area contributed by atoms with Gasteiger partial charge in [-0.1, -0.05) is 42.5 Å². The first-order valence-corrected chi connectivity index (χ1v) is 9.47. The number of allylic oxidation sites excluding steroid dienone is 3. The van der Waals surface area contributed by atoms with E-state index in [4.69, 9.17) is 9.55 Å². The summed E-state index contributed by atoms with van der Waals surface area (Å²) in [6.45, 7) is 0. The van der Waals surface area contributed by atoms with Crippen LogP contribution >= 0.6 is 0 Å². The summed E-state index contributed by atoms with van der Waals surface area (Å²) in [5.74, 6) is 0. The lowest BCUT2D eigenvalue weighted by atomic mass is 9.88. The van der Waals surface area contributed by atoms with E-state index in [1.165, 1.54) is 11.1 Å². The Morgan fingerprint density at radius 1 is 1.30 bits per heavy atom. The van der Waals surface area contributed by atoms with Crippen molar-refractivity contribution in [3.8, 4) is 0 Å². The zero-order valence-corrected chi connectivity index (χ0v) is 13.7. The van der Waals surface area contributed by atoms with E-state index in [1.54, 1.807) is 12.2 Å². The first-order chi connectivity index (χ1) is 11.0. The van der Waals surface area contributed by atoms with Gasteiger partial charge in [-0.05, 0) is 42.4 Å². The van der Waals surface area contributed by atoms with Crippen LogP contribution in [0.2, 0.25) is 0 Å². The van der Waals surface area contributed by atoms with Gasteiger partial charge < -0.3 is 0 Å². The smallest absolute Gasteiger partial charge is 0.271 e. The second kappa shape index (κ2) is 6.81. The molecule has 0 fully saturated rings. The van der Waals surface area contributed by atoms with Crippen LogP contribution in [-0.4, -0.2) is 24.4 Å². The van der Waals surface area contributed by atoms with E-state index in [0.29, 0.717) is 12.8 Å². The van der Waals surface area contributed by atoms with E-state index >= 15 is 0 Å². The molecule has 2 unspecified atom stereocenters. The lowest BCUT2D eigenvalue weighted by molar-refractivity contribution is 0.474. The Balaban J connectivity index is 1.61. The fraction of sp³-hybridized carbons (Fsp3) is 0.389. The lowest BCUT2D eigenvalue weighted by Gasteiger charge is -2.22. The molecule has 2 aliphatic carbocycles. The summed E-state index contributed by atoms with van der Waals surface area (Å²) in [5, 5.41) is -0.812. The number of nitrogens with zero attached hydrogens (tertiary/aromatic N) is 1. The van der Waals surface area contributed by atoms with Gasteiger partial charge in [-0.2, -0.15) is 8.42 Å². The van der Waals surface area contributed by atoms with Gasteiger partial charge in [-0.25, -0.2) is 0 Å². The van der Waals surface area contributed by atoms with Crippen LogP contribution in [0.3, 0.4) is 0 Å². The largest absolute Gasteiger partial charge is 0.289 e. The van der Waals surface area contributed by atoms with Crippen LogP contribution in [0.25, 0.3) is 0 Å². The van der Waals surface area contributed by atoms with Gasteiger partial charge in [0.1, 0.15) is 5.25 Å². The standard InChI is InChI=1S/C18H21NO3S/c20-23(21,22)16-10-8-14(9-11-16)12-13-19-18-7-3-5-15-4-1-2-6-17(15)18/h1-2,4,6,8-10,13,16,18H,3,5,7,11-12H2,(H,20,21,22). The molecule has 2 atom stereocenters. The van der Waals surface area contributed by atoms with Crippen molar-refractivity contribution in [1.29, 1.82) is 0 Å². The SMILES string of the molecule is O=S(=O)(O)C1C=CC(CC=NC2CCCc3ccccc32)=CC1. The molecule has 0 aromatic heterocycles. The van der Waals surface area contributed by atoms with Gasteiger partial charge in [-0.15, -0.1) is 0 Å². The Morgan fingerprint density at radius 2 is 2.13 bits per heavy atom. The summed E-state index contributed by atoms with van der Waals surface area (Å²) in [4.78, 5) is 4.72. The maximum atomic E-state index is 11.1. The van der Waals surface area contributed by atoms with Crippen LogP contribution in [0, 0.1) is 0 Å². The molecule has 3 rings (SSSR count). The first kappa shape index (κ1) is 16.1. The second-order valence-electron chi connectivity index (χ2n) is 6.07. The predicted molar refractivity (Wildman–Crippen MR) is 92.4 cm³/mol. The summed E-state index contributed by atoms with van der Waals surface area (Å²) in [6, 6.07) is 8.72. The molecule has 0 amide bonds. The fourth-order valence-electron chi connectivity index (χ4n) is 3.19. The van der Waals surface area contributed by atoms with Gasteiger partial charge in [0.2, 0.25) is 0 Å². The molecule has 5 heteroatoms. The van der Waals surface area contributed by atoms with Crippen molar-refractivity contribution in [2.75, 3.05) is 0 Å². The van der Waals surface area contributed by atoms with Gasteiger partial charge >= 0.3 is 0 Å². The normalized spacial score (nSPS) is 24.5. The molecule has 0 saturated carbocycles. The molecular weight excluding hydrogens is 310 g/mol. The minimum atomic E-state index is -3.99. The van der Waals surface area contributed by atoms with Crippen LogP contribution in [0.15, 0.2) is 53.1 Å². The molecule has 0 saturated heterocycles. The quantitative estimate of drug-likeness (QED) is 0.676. The summed E-state index contributed by atoms with van der Waals surface area (Å²) in [7, 11) is -3.99. The molecule has 1 aromatic carbocycles. The highest BCUT2D eigenvalue weighted by Crippen LogP contribution is 2.32. The van der Waals surface area contributed by atoms with E-state index < -0.39 is 15.4 Å². The number of hydrogen-bond donors (Lipinski definition) is 1. The molecule has 1 N–H and O–H groups in total. The molecule has 1 aromatic rings. The van der Waals surface area contributed by atoms with Crippen molar-refractivity contribution in [3.63, 3.8) is 0 Å². The Hall–Kier alpha value is -1.72. The molecule has 4 nitrogen and oxygen atoms in total. The van der Waals surface area contributed by atoms with Crippen molar-refractivity contribution < 1.29 is 13.0 Å². The average Bonchev–Trinajstić information content (AvgIpc) is 2.55. The van der Waals surface area contributed by atoms with Crippen LogP contribution in [0.1, 0.15) is 42.9 Å². The molecule has 23 heavy (non-hydrogen) atoms. The van der Waals surface area contributed by atoms with Gasteiger partial charge in [-0.3, -0.25) is 9.55 Å². The zero-order valence-electron chi connectivity index (χ0n) is 12.9. The minimum absolute atomic E-state index is 0.235. The van der Waals surface area contributed by atoms with Crippen molar-refractivity contribution in [2.45, 2.75) is 43.4 Å². The molecule has 122 valence electrons. The van der Waals surface area contributed by atoms with Crippen LogP contribution in [0.4, 0.5) is 0 Å². The summed E-state index contributed by atoms with van der Waals surface area (Å²) >= 11 is 0. The van der Waals surface area contributed by atoms with E-state index in [9.17, 15) is 8.42 Å². The maximum absolute atomic E-state index is 11.1. The molecule has 2 aliphatic rings. The second-order valence-corrected chi connectivity index (χ2v) is 7.71. The Kier molecular flexibility index (Phi) is 4.78. The van der Waals surface area contributed by atoms with Crippen molar-refractivity contribution in [2.24, 2.45) is 4.99 Å². The lowest BCUT2D eigenvalue weighted by Crippen LogP contribution is -2.18. The highest BCUT2D eigenvalue weighted by Gasteiger charge is 2.21. The topological polar surface area (TPSA) is 66.7 Å². The Bertz CT molecular complexity index is 762. The van der Waals surface area contributed by atoms with Crippen molar-refractivity contribution >= 4 is 16.3 Å². The Morgan fingerprint density at radius 3 is 2.87 bits per heavy atom. The number of rotatable bonds is 4.